The van der Waals surface area contributed by atoms with E-state index in [4.69, 9.17) is 4.74 Å². The van der Waals surface area contributed by atoms with Crippen molar-refractivity contribution < 1.29 is 9.53 Å². The van der Waals surface area contributed by atoms with Crippen molar-refractivity contribution in [2.24, 2.45) is 0 Å². The Morgan fingerprint density at radius 2 is 2.23 bits per heavy atom. The molecule has 3 heterocycles. The molecule has 1 unspecified atom stereocenters. The van der Waals surface area contributed by atoms with Crippen LogP contribution in [0.2, 0.25) is 0 Å². The van der Waals surface area contributed by atoms with E-state index in [0.29, 0.717) is 19.7 Å². The third kappa shape index (κ3) is 3.72. The molecule has 1 amide bonds. The van der Waals surface area contributed by atoms with Crippen molar-refractivity contribution in [2.45, 2.75) is 32.2 Å². The van der Waals surface area contributed by atoms with E-state index in [1.54, 1.807) is 0 Å². The minimum atomic E-state index is 0.182. The standard InChI is InChI=1S/C19H25N5O2/c1-14-20-19(22-21-14)16-6-4-8-24(12-16)18(25)13-23-9-10-26-17-7-3-2-5-15(17)11-23/h2-3,5,7,16H,4,6,8-13H2,1H3,(H,20,21,22). The summed E-state index contributed by atoms with van der Waals surface area (Å²) in [5, 5.41) is 7.19. The van der Waals surface area contributed by atoms with E-state index in [1.807, 2.05) is 30.0 Å². The monoisotopic (exact) mass is 355 g/mol. The minimum absolute atomic E-state index is 0.182. The van der Waals surface area contributed by atoms with Crippen molar-refractivity contribution in [3.63, 3.8) is 0 Å². The Kier molecular flexibility index (Phi) is 4.88. The lowest BCUT2D eigenvalue weighted by Gasteiger charge is -2.33. The van der Waals surface area contributed by atoms with Crippen molar-refractivity contribution in [2.75, 3.05) is 32.8 Å². The lowest BCUT2D eigenvalue weighted by Crippen LogP contribution is -2.45. The molecule has 0 radical (unpaired) electrons. The maximum absolute atomic E-state index is 12.9. The van der Waals surface area contributed by atoms with Gasteiger partial charge in [0.2, 0.25) is 5.91 Å². The smallest absolute Gasteiger partial charge is 0.236 e. The SMILES string of the molecule is Cc1nc(C2CCCN(C(=O)CN3CCOc4ccccc4C3)C2)n[nH]1. The van der Waals surface area contributed by atoms with Gasteiger partial charge < -0.3 is 9.64 Å². The van der Waals surface area contributed by atoms with Gasteiger partial charge >= 0.3 is 0 Å². The van der Waals surface area contributed by atoms with Gasteiger partial charge in [-0.3, -0.25) is 14.8 Å². The Balaban J connectivity index is 1.38. The van der Waals surface area contributed by atoms with Gasteiger partial charge in [0.15, 0.2) is 5.82 Å². The molecule has 1 atom stereocenters. The maximum Gasteiger partial charge on any atom is 0.236 e. The van der Waals surface area contributed by atoms with Crippen LogP contribution in [0, 0.1) is 6.92 Å². The number of hydrogen-bond donors (Lipinski definition) is 1. The summed E-state index contributed by atoms with van der Waals surface area (Å²) in [4.78, 5) is 21.5. The number of carbonyl (C=O) groups is 1. The molecule has 26 heavy (non-hydrogen) atoms. The summed E-state index contributed by atoms with van der Waals surface area (Å²) in [5.41, 5.74) is 1.14. The Morgan fingerprint density at radius 1 is 1.35 bits per heavy atom. The zero-order valence-corrected chi connectivity index (χ0v) is 15.1. The number of H-pyrrole nitrogens is 1. The summed E-state index contributed by atoms with van der Waals surface area (Å²) < 4.78 is 5.80. The van der Waals surface area contributed by atoms with Crippen LogP contribution in [0.3, 0.4) is 0 Å². The fourth-order valence-corrected chi connectivity index (χ4v) is 3.76. The number of para-hydroxylation sites is 1. The van der Waals surface area contributed by atoms with Crippen LogP contribution >= 0.6 is 0 Å². The van der Waals surface area contributed by atoms with Gasteiger partial charge in [-0.25, -0.2) is 4.98 Å². The van der Waals surface area contributed by atoms with Crippen molar-refractivity contribution in [1.82, 2.24) is 25.0 Å². The van der Waals surface area contributed by atoms with Crippen LogP contribution < -0.4 is 4.74 Å². The third-order valence-corrected chi connectivity index (χ3v) is 5.14. The van der Waals surface area contributed by atoms with Gasteiger partial charge in [0.05, 0.1) is 6.54 Å². The summed E-state index contributed by atoms with van der Waals surface area (Å²) in [7, 11) is 0. The zero-order chi connectivity index (χ0) is 17.9. The zero-order valence-electron chi connectivity index (χ0n) is 15.1. The Morgan fingerprint density at radius 3 is 3.08 bits per heavy atom. The number of benzene rings is 1. The second-order valence-electron chi connectivity index (χ2n) is 7.12. The Labute approximate surface area is 153 Å². The molecule has 1 N–H and O–H groups in total. The molecule has 2 aliphatic heterocycles. The maximum atomic E-state index is 12.9. The molecule has 0 spiro atoms. The topological polar surface area (TPSA) is 74.3 Å². The molecule has 0 bridgehead atoms. The van der Waals surface area contributed by atoms with Crippen LogP contribution in [0.4, 0.5) is 0 Å². The predicted octanol–water partition coefficient (Wildman–Crippen LogP) is 1.71. The average Bonchev–Trinajstić information content (AvgIpc) is 2.99. The first-order valence-electron chi connectivity index (χ1n) is 9.29. The van der Waals surface area contributed by atoms with E-state index in [2.05, 4.69) is 26.1 Å². The van der Waals surface area contributed by atoms with E-state index in [1.165, 1.54) is 0 Å². The van der Waals surface area contributed by atoms with Gasteiger partial charge in [0.25, 0.3) is 0 Å². The highest BCUT2D eigenvalue weighted by Gasteiger charge is 2.28. The van der Waals surface area contributed by atoms with Crippen molar-refractivity contribution >= 4 is 5.91 Å². The molecule has 1 aromatic carbocycles. The van der Waals surface area contributed by atoms with Crippen molar-refractivity contribution in [3.8, 4) is 5.75 Å². The number of aromatic nitrogens is 3. The van der Waals surface area contributed by atoms with Crippen LogP contribution in [0.1, 0.15) is 36.0 Å². The van der Waals surface area contributed by atoms with Gasteiger partial charge in [-0.15, -0.1) is 0 Å². The summed E-state index contributed by atoms with van der Waals surface area (Å²) >= 11 is 0. The van der Waals surface area contributed by atoms with E-state index in [-0.39, 0.29) is 11.8 Å². The largest absolute Gasteiger partial charge is 0.492 e. The summed E-state index contributed by atoms with van der Waals surface area (Å²) in [6.07, 6.45) is 2.03. The first-order valence-corrected chi connectivity index (χ1v) is 9.29. The van der Waals surface area contributed by atoms with Gasteiger partial charge in [-0.1, -0.05) is 18.2 Å². The van der Waals surface area contributed by atoms with Crippen LogP contribution in [-0.4, -0.2) is 63.7 Å². The highest BCUT2D eigenvalue weighted by atomic mass is 16.5. The fraction of sp³-hybridized carbons (Fsp3) is 0.526. The van der Waals surface area contributed by atoms with Crippen LogP contribution in [0.5, 0.6) is 5.75 Å². The fourth-order valence-electron chi connectivity index (χ4n) is 3.76. The highest BCUT2D eigenvalue weighted by Crippen LogP contribution is 2.25. The van der Waals surface area contributed by atoms with Crippen LogP contribution in [0.15, 0.2) is 24.3 Å². The van der Waals surface area contributed by atoms with E-state index < -0.39 is 0 Å². The minimum Gasteiger partial charge on any atom is -0.492 e. The van der Waals surface area contributed by atoms with Crippen LogP contribution in [-0.2, 0) is 11.3 Å². The predicted molar refractivity (Wildman–Crippen MR) is 96.9 cm³/mol. The average molecular weight is 355 g/mol. The second-order valence-corrected chi connectivity index (χ2v) is 7.12. The molecular formula is C19H25N5O2. The molecule has 0 aliphatic carbocycles. The molecule has 1 saturated heterocycles. The molecule has 2 aromatic rings. The number of aryl methyl sites for hydroxylation is 1. The molecule has 138 valence electrons. The summed E-state index contributed by atoms with van der Waals surface area (Å²) in [6, 6.07) is 8.06. The Bertz CT molecular complexity index is 775. The molecule has 0 saturated carbocycles. The number of nitrogens with zero attached hydrogens (tertiary/aromatic N) is 4. The number of fused-ring (bicyclic) bond motifs is 1. The van der Waals surface area contributed by atoms with Gasteiger partial charge in [-0.2, -0.15) is 5.10 Å². The number of ether oxygens (including phenoxy) is 1. The summed E-state index contributed by atoms with van der Waals surface area (Å²) in [5.74, 6) is 3.00. The normalized spacial score (nSPS) is 21.0. The Hall–Kier alpha value is -2.41. The molecule has 7 nitrogen and oxygen atoms in total. The van der Waals surface area contributed by atoms with Crippen molar-refractivity contribution in [3.05, 3.63) is 41.5 Å². The number of hydrogen-bond acceptors (Lipinski definition) is 5. The van der Waals surface area contributed by atoms with E-state index in [9.17, 15) is 4.79 Å². The highest BCUT2D eigenvalue weighted by molar-refractivity contribution is 5.78. The number of carbonyl (C=O) groups excluding carboxylic acids is 1. The lowest BCUT2D eigenvalue weighted by atomic mass is 9.97. The number of aromatic amines is 1. The number of rotatable bonds is 3. The van der Waals surface area contributed by atoms with E-state index in [0.717, 1.165) is 55.4 Å². The molecule has 7 heteroatoms. The molecular weight excluding hydrogens is 330 g/mol. The molecule has 1 aromatic heterocycles. The lowest BCUT2D eigenvalue weighted by molar-refractivity contribution is -0.133. The van der Waals surface area contributed by atoms with Crippen molar-refractivity contribution in [1.29, 1.82) is 0 Å². The van der Waals surface area contributed by atoms with E-state index >= 15 is 0 Å². The first-order chi connectivity index (χ1) is 12.7. The van der Waals surface area contributed by atoms with Gasteiger partial charge in [0.1, 0.15) is 18.2 Å². The third-order valence-electron chi connectivity index (χ3n) is 5.14. The quantitative estimate of drug-likeness (QED) is 0.907. The van der Waals surface area contributed by atoms with Crippen LogP contribution in [0.25, 0.3) is 0 Å². The first kappa shape index (κ1) is 17.0. The molecule has 2 aliphatic rings. The second kappa shape index (κ2) is 7.45. The summed E-state index contributed by atoms with van der Waals surface area (Å²) in [6.45, 7) is 5.98. The number of piperidine rings is 1. The van der Waals surface area contributed by atoms with Gasteiger partial charge in [-0.05, 0) is 25.8 Å². The molecule has 1 fully saturated rings. The number of nitrogens with one attached hydrogen (secondary N) is 1. The van der Waals surface area contributed by atoms with Gasteiger partial charge in [0, 0.05) is 37.7 Å². The number of amides is 1. The number of likely N-dealkylation sites (tertiary alicyclic amines) is 1. The molecule has 4 rings (SSSR count).